The van der Waals surface area contributed by atoms with Crippen LogP contribution in [-0.4, -0.2) is 4.57 Å². The van der Waals surface area contributed by atoms with Gasteiger partial charge in [-0.05, 0) is 99.0 Å². The van der Waals surface area contributed by atoms with Gasteiger partial charge in [0.15, 0.2) is 0 Å². The standard InChI is InChI=1S/C52H32N2S/c1-3-13-39-33(11-1)21-22-34-23-29-44-48(31-35-12-2-4-14-40(35)52(44)51(34)39)53(38-28-30-50-45(32-38)43-17-7-10-20-49(43)55-50)36-24-26-37(27-25-36)54-46-18-8-5-15-41(46)42-16-6-9-19-47(42)54/h1-32H. The zero-order valence-electron chi connectivity index (χ0n) is 29.8. The number of para-hydroxylation sites is 2. The Morgan fingerprint density at radius 1 is 0.345 bits per heavy atom. The Hall–Kier alpha value is -6.94. The molecule has 55 heavy (non-hydrogen) atoms. The Balaban J connectivity index is 1.15. The number of hydrogen-bond acceptors (Lipinski definition) is 2. The van der Waals surface area contributed by atoms with Crippen LogP contribution in [0, 0.1) is 0 Å². The lowest BCUT2D eigenvalue weighted by atomic mass is 9.91. The Labute approximate surface area is 321 Å². The number of hydrogen-bond donors (Lipinski definition) is 0. The molecule has 3 heteroatoms. The van der Waals surface area contributed by atoms with Crippen molar-refractivity contribution in [3.8, 4) is 5.69 Å². The SMILES string of the molecule is c1ccc2c(c1)ccc1ccc3c(N(c4ccc(-n5c6ccccc6c6ccccc65)cc4)c4ccc5sc6ccccc6c5c4)cc4ccccc4c3c12. The highest BCUT2D eigenvalue weighted by Crippen LogP contribution is 2.47. The van der Waals surface area contributed by atoms with E-state index in [1.807, 2.05) is 11.3 Å². The predicted octanol–water partition coefficient (Wildman–Crippen LogP) is 15.2. The van der Waals surface area contributed by atoms with Crippen LogP contribution >= 0.6 is 11.3 Å². The minimum Gasteiger partial charge on any atom is -0.310 e. The molecule has 0 radical (unpaired) electrons. The average molecular weight is 717 g/mol. The van der Waals surface area contributed by atoms with Crippen molar-refractivity contribution in [2.24, 2.45) is 0 Å². The average Bonchev–Trinajstić information content (AvgIpc) is 3.79. The van der Waals surface area contributed by atoms with Gasteiger partial charge in [-0.1, -0.05) is 127 Å². The van der Waals surface area contributed by atoms with Crippen molar-refractivity contribution in [2.45, 2.75) is 0 Å². The van der Waals surface area contributed by atoms with Crippen LogP contribution in [0.4, 0.5) is 17.1 Å². The molecule has 0 fully saturated rings. The molecule has 12 rings (SSSR count). The molecular formula is C52H32N2S. The van der Waals surface area contributed by atoms with Gasteiger partial charge >= 0.3 is 0 Å². The third-order valence-corrected chi connectivity index (χ3v) is 12.7. The number of nitrogens with zero attached hydrogens (tertiary/aromatic N) is 2. The van der Waals surface area contributed by atoms with Gasteiger partial charge in [-0.3, -0.25) is 0 Å². The monoisotopic (exact) mass is 716 g/mol. The van der Waals surface area contributed by atoms with E-state index in [0.29, 0.717) is 0 Å². The van der Waals surface area contributed by atoms with Crippen molar-refractivity contribution in [3.05, 3.63) is 194 Å². The number of anilines is 3. The third-order valence-electron chi connectivity index (χ3n) is 11.5. The summed E-state index contributed by atoms with van der Waals surface area (Å²) in [4.78, 5) is 2.48. The van der Waals surface area contributed by atoms with Crippen LogP contribution in [0.25, 0.3) is 90.8 Å². The van der Waals surface area contributed by atoms with Gasteiger partial charge in [0.25, 0.3) is 0 Å². The van der Waals surface area contributed by atoms with E-state index in [4.69, 9.17) is 0 Å². The largest absolute Gasteiger partial charge is 0.310 e. The maximum Gasteiger partial charge on any atom is 0.0546 e. The molecule has 0 aliphatic carbocycles. The third kappa shape index (κ3) is 4.54. The zero-order chi connectivity index (χ0) is 36.0. The summed E-state index contributed by atoms with van der Waals surface area (Å²) in [6.07, 6.45) is 0. The van der Waals surface area contributed by atoms with Crippen LogP contribution in [-0.2, 0) is 0 Å². The topological polar surface area (TPSA) is 8.17 Å². The molecule has 10 aromatic carbocycles. The van der Waals surface area contributed by atoms with Crippen molar-refractivity contribution in [1.29, 1.82) is 0 Å². The molecule has 0 saturated heterocycles. The molecular weight excluding hydrogens is 685 g/mol. The fourth-order valence-corrected chi connectivity index (χ4v) is 10.2. The molecule has 0 saturated carbocycles. The summed E-state index contributed by atoms with van der Waals surface area (Å²) in [6, 6.07) is 71.7. The van der Waals surface area contributed by atoms with E-state index >= 15 is 0 Å². The summed E-state index contributed by atoms with van der Waals surface area (Å²) in [6.45, 7) is 0. The summed E-state index contributed by atoms with van der Waals surface area (Å²) in [5, 5.41) is 15.2. The van der Waals surface area contributed by atoms with Gasteiger partial charge in [-0.25, -0.2) is 0 Å². The van der Waals surface area contributed by atoms with Crippen LogP contribution < -0.4 is 4.90 Å². The first-order valence-electron chi connectivity index (χ1n) is 18.8. The Morgan fingerprint density at radius 2 is 0.909 bits per heavy atom. The second kappa shape index (κ2) is 11.8. The highest BCUT2D eigenvalue weighted by atomic mass is 32.1. The molecule has 256 valence electrons. The first kappa shape index (κ1) is 30.5. The van der Waals surface area contributed by atoms with E-state index in [-0.39, 0.29) is 0 Å². The minimum atomic E-state index is 1.11. The lowest BCUT2D eigenvalue weighted by Gasteiger charge is -2.28. The van der Waals surface area contributed by atoms with E-state index in [2.05, 4.69) is 204 Å². The predicted molar refractivity (Wildman–Crippen MR) is 238 cm³/mol. The number of rotatable bonds is 4. The van der Waals surface area contributed by atoms with Gasteiger partial charge < -0.3 is 9.47 Å². The second-order valence-electron chi connectivity index (χ2n) is 14.5. The van der Waals surface area contributed by atoms with Gasteiger partial charge in [-0.15, -0.1) is 11.3 Å². The molecule has 2 nitrogen and oxygen atoms in total. The number of fused-ring (bicyclic) bond motifs is 13. The second-order valence-corrected chi connectivity index (χ2v) is 15.6. The van der Waals surface area contributed by atoms with Crippen molar-refractivity contribution >= 4 is 113 Å². The highest BCUT2D eigenvalue weighted by molar-refractivity contribution is 7.25. The van der Waals surface area contributed by atoms with E-state index in [1.165, 1.54) is 85.1 Å². The summed E-state index contributed by atoms with van der Waals surface area (Å²) in [7, 11) is 0. The Morgan fingerprint density at radius 3 is 1.67 bits per heavy atom. The lowest BCUT2D eigenvalue weighted by molar-refractivity contribution is 1.17. The summed E-state index contributed by atoms with van der Waals surface area (Å²) in [5.41, 5.74) is 6.96. The van der Waals surface area contributed by atoms with E-state index in [0.717, 1.165) is 22.7 Å². The number of thiophene rings is 1. The minimum absolute atomic E-state index is 1.11. The quantitative estimate of drug-likeness (QED) is 0.165. The van der Waals surface area contributed by atoms with Crippen LogP contribution in [0.15, 0.2) is 194 Å². The number of benzene rings is 10. The van der Waals surface area contributed by atoms with Crippen LogP contribution in [0.2, 0.25) is 0 Å². The molecule has 0 spiro atoms. The zero-order valence-corrected chi connectivity index (χ0v) is 30.6. The first-order chi connectivity index (χ1) is 27.3. The van der Waals surface area contributed by atoms with Crippen molar-refractivity contribution in [2.75, 3.05) is 4.90 Å². The van der Waals surface area contributed by atoms with E-state index in [1.54, 1.807) is 0 Å². The van der Waals surface area contributed by atoms with Gasteiger partial charge in [0.05, 0.1) is 16.7 Å². The highest BCUT2D eigenvalue weighted by Gasteiger charge is 2.21. The molecule has 2 aromatic heterocycles. The molecule has 0 bridgehead atoms. The normalized spacial score (nSPS) is 12.0. The maximum absolute atomic E-state index is 2.48. The van der Waals surface area contributed by atoms with Crippen LogP contribution in [0.5, 0.6) is 0 Å². The number of aromatic nitrogens is 1. The molecule has 0 unspecified atom stereocenters. The molecule has 0 aliphatic heterocycles. The molecule has 0 amide bonds. The maximum atomic E-state index is 2.48. The van der Waals surface area contributed by atoms with Gasteiger partial charge in [-0.2, -0.15) is 0 Å². The van der Waals surface area contributed by atoms with Crippen molar-refractivity contribution < 1.29 is 0 Å². The Kier molecular flexibility index (Phi) is 6.54. The molecule has 0 atom stereocenters. The van der Waals surface area contributed by atoms with Gasteiger partial charge in [0.1, 0.15) is 0 Å². The molecule has 12 aromatic rings. The van der Waals surface area contributed by atoms with Gasteiger partial charge in [0.2, 0.25) is 0 Å². The fourth-order valence-electron chi connectivity index (χ4n) is 9.08. The molecule has 0 N–H and O–H groups in total. The summed E-state index contributed by atoms with van der Waals surface area (Å²) < 4.78 is 5.00. The van der Waals surface area contributed by atoms with Crippen molar-refractivity contribution in [3.63, 3.8) is 0 Å². The molecule has 0 aliphatic rings. The van der Waals surface area contributed by atoms with Crippen LogP contribution in [0.3, 0.4) is 0 Å². The van der Waals surface area contributed by atoms with E-state index in [9.17, 15) is 0 Å². The van der Waals surface area contributed by atoms with Crippen LogP contribution in [0.1, 0.15) is 0 Å². The lowest BCUT2D eigenvalue weighted by Crippen LogP contribution is -2.11. The Bertz CT molecular complexity index is 3440. The summed E-state index contributed by atoms with van der Waals surface area (Å²) in [5.74, 6) is 0. The van der Waals surface area contributed by atoms with Crippen molar-refractivity contribution in [1.82, 2.24) is 4.57 Å². The first-order valence-corrected chi connectivity index (χ1v) is 19.7. The van der Waals surface area contributed by atoms with Gasteiger partial charge in [0, 0.05) is 58.8 Å². The summed E-state index contributed by atoms with van der Waals surface area (Å²) >= 11 is 1.86. The smallest absolute Gasteiger partial charge is 0.0546 e. The molecule has 2 heterocycles. The van der Waals surface area contributed by atoms with E-state index < -0.39 is 0 Å². The fraction of sp³-hybridized carbons (Fsp3) is 0.